The predicted octanol–water partition coefficient (Wildman–Crippen LogP) is 5.10. The van der Waals surface area contributed by atoms with E-state index < -0.39 is 11.7 Å². The fourth-order valence-electron chi connectivity index (χ4n) is 3.31. The highest BCUT2D eigenvalue weighted by molar-refractivity contribution is 6.30. The van der Waals surface area contributed by atoms with Gasteiger partial charge in [0.2, 0.25) is 11.7 Å². The number of fused-ring (bicyclic) bond motifs is 1. The second-order valence-corrected chi connectivity index (χ2v) is 9.41. The summed E-state index contributed by atoms with van der Waals surface area (Å²) in [4.78, 5) is 32.5. The minimum absolute atomic E-state index is 0.169. The topological polar surface area (TPSA) is 134 Å². The van der Waals surface area contributed by atoms with Gasteiger partial charge in [-0.05, 0) is 44.9 Å². The van der Waals surface area contributed by atoms with E-state index in [1.165, 1.54) is 19.5 Å². The van der Waals surface area contributed by atoms with Crippen LogP contribution in [0.15, 0.2) is 36.7 Å². The van der Waals surface area contributed by atoms with Crippen LogP contribution in [0.1, 0.15) is 39.2 Å². The number of nitrogens with one attached hydrogen (secondary N) is 3. The number of aromatic nitrogens is 2. The third kappa shape index (κ3) is 7.61. The van der Waals surface area contributed by atoms with Gasteiger partial charge in [0.05, 0.1) is 12.6 Å². The second kappa shape index (κ2) is 11.8. The summed E-state index contributed by atoms with van der Waals surface area (Å²) < 4.78 is 10.3. The monoisotopic (exact) mass is 514 g/mol. The average Bonchev–Trinajstić information content (AvgIpc) is 2.80. The highest BCUT2D eigenvalue weighted by atomic mass is 35.5. The average molecular weight is 515 g/mol. The Bertz CT molecular complexity index is 1250. The van der Waals surface area contributed by atoms with E-state index in [1.807, 2.05) is 0 Å². The Hall–Kier alpha value is -3.79. The first kappa shape index (κ1) is 26.8. The highest BCUT2D eigenvalue weighted by Gasteiger charge is 2.16. The van der Waals surface area contributed by atoms with E-state index in [2.05, 4.69) is 25.9 Å². The molecule has 191 valence electrons. The van der Waals surface area contributed by atoms with Gasteiger partial charge in [-0.15, -0.1) is 0 Å². The zero-order chi connectivity index (χ0) is 26.3. The second-order valence-electron chi connectivity index (χ2n) is 8.98. The van der Waals surface area contributed by atoms with Crippen LogP contribution in [0, 0.1) is 0 Å². The number of methoxy groups -OCH3 is 1. The van der Waals surface area contributed by atoms with Crippen LogP contribution >= 0.6 is 11.6 Å². The Kier molecular flexibility index (Phi) is 8.76. The molecule has 10 nitrogen and oxygen atoms in total. The van der Waals surface area contributed by atoms with Crippen molar-refractivity contribution < 1.29 is 24.2 Å². The van der Waals surface area contributed by atoms with Gasteiger partial charge >= 0.3 is 6.09 Å². The molecule has 0 aliphatic heterocycles. The summed E-state index contributed by atoms with van der Waals surface area (Å²) >= 11 is 6.21. The number of hydrogen-bond acceptors (Lipinski definition) is 7. The Morgan fingerprint density at radius 3 is 2.58 bits per heavy atom. The molecule has 11 heteroatoms. The molecule has 0 unspecified atom stereocenters. The molecule has 3 rings (SSSR count). The SMILES string of the molecule is COc1cc2ncnc(Nc3cc(Cl)ccc3CNC(=O)CCCNC(=O)OC(C)(C)C)c2cc1[O]. The van der Waals surface area contributed by atoms with E-state index in [4.69, 9.17) is 21.1 Å². The molecule has 0 aliphatic carbocycles. The Labute approximate surface area is 214 Å². The molecule has 1 radical (unpaired) electrons. The number of nitrogens with zero attached hydrogens (tertiary/aromatic N) is 2. The number of carbonyl (C=O) groups excluding carboxylic acids is 2. The van der Waals surface area contributed by atoms with Crippen LogP contribution in [0.3, 0.4) is 0 Å². The molecule has 0 saturated carbocycles. The maximum absolute atomic E-state index is 12.3. The molecule has 36 heavy (non-hydrogen) atoms. The van der Waals surface area contributed by atoms with Gasteiger partial charge in [-0.2, -0.15) is 0 Å². The number of anilines is 2. The van der Waals surface area contributed by atoms with E-state index in [-0.39, 0.29) is 30.4 Å². The van der Waals surface area contributed by atoms with Crippen molar-refractivity contribution in [3.63, 3.8) is 0 Å². The molecule has 3 N–H and O–H groups in total. The maximum atomic E-state index is 12.3. The van der Waals surface area contributed by atoms with Crippen LogP contribution < -0.4 is 20.7 Å². The van der Waals surface area contributed by atoms with Crippen LogP contribution in [0.4, 0.5) is 16.3 Å². The summed E-state index contributed by atoms with van der Waals surface area (Å²) in [6.45, 7) is 5.91. The smallest absolute Gasteiger partial charge is 0.407 e. The van der Waals surface area contributed by atoms with Gasteiger partial charge in [-0.3, -0.25) is 9.90 Å². The number of hydrogen-bond donors (Lipinski definition) is 3. The lowest BCUT2D eigenvalue weighted by molar-refractivity contribution is -0.121. The summed E-state index contributed by atoms with van der Waals surface area (Å²) in [6.07, 6.45) is 1.56. The van der Waals surface area contributed by atoms with E-state index in [9.17, 15) is 14.7 Å². The molecular weight excluding hydrogens is 486 g/mol. The lowest BCUT2D eigenvalue weighted by Crippen LogP contribution is -2.33. The Balaban J connectivity index is 1.62. The molecule has 0 atom stereocenters. The number of rotatable bonds is 9. The molecule has 0 bridgehead atoms. The first-order chi connectivity index (χ1) is 17.1. The number of amides is 2. The Morgan fingerprint density at radius 1 is 1.08 bits per heavy atom. The summed E-state index contributed by atoms with van der Waals surface area (Å²) in [6, 6.07) is 8.19. The standard InChI is InChI=1S/C25H29ClN5O5/c1-25(2,3)36-24(34)27-9-5-6-22(33)28-13-15-7-8-16(26)10-18(15)31-23-17-11-20(32)21(35-4)12-19(17)29-14-30-23/h7-8,10-12,14H,5-6,9,13H2,1-4H3,(H,27,34)(H,28,33)(H,29,30,31). The van der Waals surface area contributed by atoms with Crippen molar-refractivity contribution in [2.45, 2.75) is 45.8 Å². The lowest BCUT2D eigenvalue weighted by atomic mass is 10.1. The van der Waals surface area contributed by atoms with Gasteiger partial charge in [0, 0.05) is 47.7 Å². The minimum Gasteiger partial charge on any atom is -0.493 e. The van der Waals surface area contributed by atoms with Crippen LogP contribution in [0.25, 0.3) is 10.9 Å². The van der Waals surface area contributed by atoms with Gasteiger partial charge < -0.3 is 25.4 Å². The molecule has 1 aromatic heterocycles. The van der Waals surface area contributed by atoms with Crippen LogP contribution in [0.5, 0.6) is 11.5 Å². The van der Waals surface area contributed by atoms with Crippen molar-refractivity contribution in [2.75, 3.05) is 19.0 Å². The quantitative estimate of drug-likeness (QED) is 0.338. The summed E-state index contributed by atoms with van der Waals surface area (Å²) in [5.74, 6) is 0.155. The number of carbonyl (C=O) groups is 2. The fraction of sp³-hybridized carbons (Fsp3) is 0.360. The van der Waals surface area contributed by atoms with Crippen molar-refractivity contribution >= 4 is 46.0 Å². The molecule has 0 saturated heterocycles. The van der Waals surface area contributed by atoms with E-state index in [1.54, 1.807) is 45.0 Å². The minimum atomic E-state index is -0.575. The van der Waals surface area contributed by atoms with Crippen LogP contribution in [-0.2, 0) is 21.2 Å². The van der Waals surface area contributed by atoms with Gasteiger partial charge in [0.25, 0.3) is 0 Å². The number of halogens is 1. The Morgan fingerprint density at radius 2 is 1.86 bits per heavy atom. The normalized spacial score (nSPS) is 11.1. The van der Waals surface area contributed by atoms with Crippen molar-refractivity contribution in [3.05, 3.63) is 47.2 Å². The van der Waals surface area contributed by atoms with E-state index in [0.717, 1.165) is 5.56 Å². The zero-order valence-corrected chi connectivity index (χ0v) is 21.4. The van der Waals surface area contributed by atoms with Crippen LogP contribution in [0.2, 0.25) is 5.02 Å². The van der Waals surface area contributed by atoms with Crippen molar-refractivity contribution in [2.24, 2.45) is 0 Å². The molecule has 1 heterocycles. The molecule has 0 aliphatic rings. The van der Waals surface area contributed by atoms with Gasteiger partial charge in [-0.1, -0.05) is 17.7 Å². The molecule has 3 aromatic rings. The zero-order valence-electron chi connectivity index (χ0n) is 20.6. The highest BCUT2D eigenvalue weighted by Crippen LogP contribution is 2.34. The van der Waals surface area contributed by atoms with Crippen molar-refractivity contribution in [3.8, 4) is 11.5 Å². The fourth-order valence-corrected chi connectivity index (χ4v) is 3.48. The van der Waals surface area contributed by atoms with Gasteiger partial charge in [0.15, 0.2) is 5.75 Å². The maximum Gasteiger partial charge on any atom is 0.407 e. The molecule has 2 amide bonds. The third-order valence-electron chi connectivity index (χ3n) is 4.97. The summed E-state index contributed by atoms with van der Waals surface area (Å²) in [7, 11) is 1.42. The van der Waals surface area contributed by atoms with Gasteiger partial charge in [0.1, 0.15) is 17.7 Å². The third-order valence-corrected chi connectivity index (χ3v) is 5.21. The number of ether oxygens (including phenoxy) is 2. The molecule has 0 spiro atoms. The lowest BCUT2D eigenvalue weighted by Gasteiger charge is -2.19. The molecular formula is C25H29ClN5O5. The van der Waals surface area contributed by atoms with Crippen LogP contribution in [-0.4, -0.2) is 41.2 Å². The first-order valence-corrected chi connectivity index (χ1v) is 11.7. The number of alkyl carbamates (subject to hydrolysis) is 1. The molecule has 2 aromatic carbocycles. The number of benzene rings is 2. The predicted molar refractivity (Wildman–Crippen MR) is 136 cm³/mol. The summed E-state index contributed by atoms with van der Waals surface area (Å²) in [5, 5.41) is 22.0. The van der Waals surface area contributed by atoms with Gasteiger partial charge in [-0.25, -0.2) is 14.8 Å². The van der Waals surface area contributed by atoms with Crippen molar-refractivity contribution in [1.82, 2.24) is 20.6 Å². The van der Waals surface area contributed by atoms with E-state index >= 15 is 0 Å². The van der Waals surface area contributed by atoms with Crippen molar-refractivity contribution in [1.29, 1.82) is 0 Å². The molecule has 0 fully saturated rings. The summed E-state index contributed by atoms with van der Waals surface area (Å²) in [5.41, 5.74) is 1.36. The largest absolute Gasteiger partial charge is 0.493 e. The van der Waals surface area contributed by atoms with E-state index in [0.29, 0.717) is 40.4 Å². The first-order valence-electron chi connectivity index (χ1n) is 11.3.